The van der Waals surface area contributed by atoms with Crippen LogP contribution in [0.15, 0.2) is 106 Å². The Labute approximate surface area is 232 Å². The maximum Gasteiger partial charge on any atom is 0.271 e. The number of nitrogens with one attached hydrogen (secondary N) is 2. The molecule has 4 aromatic rings. The number of benzene rings is 3. The molecule has 0 saturated heterocycles. The lowest BCUT2D eigenvalue weighted by atomic mass is 10.2. The van der Waals surface area contributed by atoms with Crippen molar-refractivity contribution in [3.8, 4) is 5.75 Å². The Morgan fingerprint density at radius 3 is 2.33 bits per heavy atom. The second-order valence-electron chi connectivity index (χ2n) is 8.75. The third-order valence-electron chi connectivity index (χ3n) is 5.84. The first-order valence-corrected chi connectivity index (χ1v) is 13.7. The number of nitrogens with zero attached hydrogens (tertiary/aromatic N) is 2. The van der Waals surface area contributed by atoms with Crippen molar-refractivity contribution in [3.05, 3.63) is 114 Å². The van der Waals surface area contributed by atoms with E-state index in [2.05, 4.69) is 15.8 Å². The summed E-state index contributed by atoms with van der Waals surface area (Å²) in [4.78, 5) is 24.6. The first-order valence-electron chi connectivity index (χ1n) is 12.2. The lowest BCUT2D eigenvalue weighted by molar-refractivity contribution is -0.123. The summed E-state index contributed by atoms with van der Waals surface area (Å²) in [5, 5.41) is 6.66. The normalized spacial score (nSPS) is 11.2. The van der Waals surface area contributed by atoms with E-state index in [-0.39, 0.29) is 24.0 Å². The fourth-order valence-electron chi connectivity index (χ4n) is 3.51. The van der Waals surface area contributed by atoms with Crippen molar-refractivity contribution in [1.82, 2.24) is 10.7 Å². The number of carbonyl (C=O) groups excluding carboxylic acids is 2. The maximum atomic E-state index is 12.9. The van der Waals surface area contributed by atoms with Crippen LogP contribution in [0.5, 0.6) is 5.75 Å². The van der Waals surface area contributed by atoms with Crippen molar-refractivity contribution in [2.75, 3.05) is 18.0 Å². The molecule has 0 radical (unpaired) electrons. The third-order valence-corrected chi connectivity index (χ3v) is 7.64. The number of hydrogen-bond donors (Lipinski definition) is 2. The molecule has 2 amide bonds. The first kappa shape index (κ1) is 28.1. The van der Waals surface area contributed by atoms with Crippen LogP contribution in [-0.4, -0.2) is 40.1 Å². The van der Waals surface area contributed by atoms with Gasteiger partial charge in [0.1, 0.15) is 11.5 Å². The van der Waals surface area contributed by atoms with E-state index in [1.165, 1.54) is 31.7 Å². The summed E-state index contributed by atoms with van der Waals surface area (Å²) < 4.78 is 37.6. The summed E-state index contributed by atoms with van der Waals surface area (Å²) in [5.41, 5.74) is 4.84. The Bertz CT molecular complexity index is 1570. The average molecular weight is 561 g/mol. The molecule has 1 heterocycles. The molecule has 206 valence electrons. The van der Waals surface area contributed by atoms with E-state index < -0.39 is 15.9 Å². The zero-order chi connectivity index (χ0) is 28.5. The van der Waals surface area contributed by atoms with Crippen LogP contribution in [0.4, 0.5) is 5.69 Å². The van der Waals surface area contributed by atoms with Crippen LogP contribution in [0.3, 0.4) is 0 Å². The Morgan fingerprint density at radius 2 is 1.68 bits per heavy atom. The molecule has 0 spiro atoms. The van der Waals surface area contributed by atoms with Gasteiger partial charge in [0.2, 0.25) is 0 Å². The van der Waals surface area contributed by atoms with Crippen molar-refractivity contribution < 1.29 is 27.2 Å². The minimum atomic E-state index is -3.73. The number of carbonyl (C=O) groups is 2. The fraction of sp³-hybridized carbons (Fsp3) is 0.138. The van der Waals surface area contributed by atoms with Crippen LogP contribution in [-0.2, 0) is 21.4 Å². The molecule has 0 aliphatic heterocycles. The molecular weight excluding hydrogens is 532 g/mol. The summed E-state index contributed by atoms with van der Waals surface area (Å²) in [5.74, 6) is 0.423. The fourth-order valence-corrected chi connectivity index (χ4v) is 4.70. The van der Waals surface area contributed by atoms with Gasteiger partial charge in [-0.05, 0) is 85.3 Å². The quantitative estimate of drug-likeness (QED) is 0.212. The highest BCUT2D eigenvalue weighted by atomic mass is 32.2. The Morgan fingerprint density at radius 1 is 0.975 bits per heavy atom. The van der Waals surface area contributed by atoms with Crippen molar-refractivity contribution in [2.24, 2.45) is 5.10 Å². The van der Waals surface area contributed by atoms with E-state index in [4.69, 9.17) is 9.15 Å². The van der Waals surface area contributed by atoms with Gasteiger partial charge in [-0.3, -0.25) is 13.9 Å². The number of rotatable bonds is 11. The van der Waals surface area contributed by atoms with Gasteiger partial charge >= 0.3 is 0 Å². The summed E-state index contributed by atoms with van der Waals surface area (Å²) >= 11 is 0. The van der Waals surface area contributed by atoms with Gasteiger partial charge in [-0.15, -0.1) is 0 Å². The van der Waals surface area contributed by atoms with Gasteiger partial charge in [-0.2, -0.15) is 5.10 Å². The maximum absolute atomic E-state index is 12.9. The predicted octanol–water partition coefficient (Wildman–Crippen LogP) is 3.87. The van der Waals surface area contributed by atoms with Gasteiger partial charge in [0.15, 0.2) is 6.61 Å². The molecule has 0 bridgehead atoms. The van der Waals surface area contributed by atoms with E-state index in [1.54, 1.807) is 72.8 Å². The number of hydrogen-bond acceptors (Lipinski definition) is 7. The molecule has 4 rings (SSSR count). The second kappa shape index (κ2) is 12.8. The van der Waals surface area contributed by atoms with Crippen LogP contribution in [0.25, 0.3) is 0 Å². The van der Waals surface area contributed by atoms with Gasteiger partial charge in [0.05, 0.1) is 29.6 Å². The highest BCUT2D eigenvalue weighted by Crippen LogP contribution is 2.22. The standard InChI is InChI=1S/C29H28N4O6S/c1-21-5-15-27(16-6-21)40(36,37)33(2)24-11-9-23(10-12-24)29(35)32-31-18-22-7-13-25(14-8-22)39-20-28(34)30-19-26-4-3-17-38-26/h3-18H,19-20H2,1-2H3,(H,30,34)(H,32,35)/b31-18-. The van der Waals surface area contributed by atoms with Crippen molar-refractivity contribution in [3.63, 3.8) is 0 Å². The second-order valence-corrected chi connectivity index (χ2v) is 10.7. The van der Waals surface area contributed by atoms with Crippen LogP contribution >= 0.6 is 0 Å². The zero-order valence-electron chi connectivity index (χ0n) is 21.9. The highest BCUT2D eigenvalue weighted by molar-refractivity contribution is 7.92. The predicted molar refractivity (Wildman–Crippen MR) is 151 cm³/mol. The van der Waals surface area contributed by atoms with Gasteiger partial charge in [-0.1, -0.05) is 17.7 Å². The summed E-state index contributed by atoms with van der Waals surface area (Å²) in [6.07, 6.45) is 3.00. The van der Waals surface area contributed by atoms with Gasteiger partial charge in [0.25, 0.3) is 21.8 Å². The van der Waals surface area contributed by atoms with E-state index in [0.717, 1.165) is 9.87 Å². The average Bonchev–Trinajstić information content (AvgIpc) is 3.49. The van der Waals surface area contributed by atoms with Crippen molar-refractivity contribution in [2.45, 2.75) is 18.4 Å². The molecule has 11 heteroatoms. The molecule has 0 fully saturated rings. The zero-order valence-corrected chi connectivity index (χ0v) is 22.7. The molecule has 3 aromatic carbocycles. The monoisotopic (exact) mass is 560 g/mol. The Balaban J connectivity index is 1.25. The van der Waals surface area contributed by atoms with Gasteiger partial charge in [-0.25, -0.2) is 13.8 Å². The topological polar surface area (TPSA) is 130 Å². The molecule has 2 N–H and O–H groups in total. The Kier molecular flexibility index (Phi) is 8.97. The molecule has 1 aromatic heterocycles. The number of ether oxygens (including phenoxy) is 1. The molecule has 0 aliphatic rings. The number of sulfonamides is 1. The smallest absolute Gasteiger partial charge is 0.271 e. The Hall–Kier alpha value is -4.90. The van der Waals surface area contributed by atoms with Gasteiger partial charge in [0, 0.05) is 12.6 Å². The summed E-state index contributed by atoms with van der Waals surface area (Å²) in [7, 11) is -2.27. The molecule has 0 atom stereocenters. The first-order chi connectivity index (χ1) is 19.2. The molecule has 10 nitrogen and oxygen atoms in total. The molecular formula is C29H28N4O6S. The molecule has 0 unspecified atom stereocenters. The summed E-state index contributed by atoms with van der Waals surface area (Å²) in [6.45, 7) is 2.03. The number of hydrazone groups is 1. The number of furan rings is 1. The van der Waals surface area contributed by atoms with E-state index in [0.29, 0.717) is 28.3 Å². The molecule has 0 saturated carbocycles. The summed E-state index contributed by atoms with van der Waals surface area (Å²) in [6, 6.07) is 23.1. The van der Waals surface area contributed by atoms with E-state index in [9.17, 15) is 18.0 Å². The number of aryl methyl sites for hydroxylation is 1. The third kappa shape index (κ3) is 7.35. The van der Waals surface area contributed by atoms with Crippen molar-refractivity contribution >= 4 is 33.7 Å². The lowest BCUT2D eigenvalue weighted by Gasteiger charge is -2.19. The molecule has 0 aliphatic carbocycles. The number of anilines is 1. The highest BCUT2D eigenvalue weighted by Gasteiger charge is 2.21. The molecule has 40 heavy (non-hydrogen) atoms. The van der Waals surface area contributed by atoms with Crippen molar-refractivity contribution in [1.29, 1.82) is 0 Å². The number of amides is 2. The largest absolute Gasteiger partial charge is 0.484 e. The lowest BCUT2D eigenvalue weighted by Crippen LogP contribution is -2.28. The van der Waals surface area contributed by atoms with Crippen LogP contribution in [0, 0.1) is 6.92 Å². The van der Waals surface area contributed by atoms with Crippen LogP contribution in [0.1, 0.15) is 27.2 Å². The van der Waals surface area contributed by atoms with E-state index >= 15 is 0 Å². The van der Waals surface area contributed by atoms with Crippen LogP contribution < -0.4 is 19.8 Å². The SMILES string of the molecule is Cc1ccc(S(=O)(=O)N(C)c2ccc(C(=O)N/N=C\c3ccc(OCC(=O)NCc4ccco4)cc3)cc2)cc1. The van der Waals surface area contributed by atoms with Gasteiger partial charge < -0.3 is 14.5 Å². The minimum absolute atomic E-state index is 0.142. The minimum Gasteiger partial charge on any atom is -0.484 e. The van der Waals surface area contributed by atoms with E-state index in [1.807, 2.05) is 6.92 Å². The van der Waals surface area contributed by atoms with Crippen LogP contribution in [0.2, 0.25) is 0 Å².